The van der Waals surface area contributed by atoms with E-state index >= 15 is 0 Å². The molecule has 2 aliphatic rings. The van der Waals surface area contributed by atoms with Crippen LogP contribution in [0, 0.1) is 16.7 Å². The Morgan fingerprint density at radius 1 is 1.23 bits per heavy atom. The lowest BCUT2D eigenvalue weighted by atomic mass is 9.69. The number of carbonyl (C=O) groups is 2. The first kappa shape index (κ1) is 20.4. The van der Waals surface area contributed by atoms with Crippen molar-refractivity contribution < 1.29 is 9.59 Å². The molecule has 2 heterocycles. The average Bonchev–Trinajstić information content (AvgIpc) is 2.75. The summed E-state index contributed by atoms with van der Waals surface area (Å²) < 4.78 is 0. The quantitative estimate of drug-likeness (QED) is 0.799. The first-order chi connectivity index (χ1) is 14.8. The van der Waals surface area contributed by atoms with Crippen molar-refractivity contribution >= 4 is 11.7 Å². The van der Waals surface area contributed by atoms with E-state index in [1.165, 1.54) is 5.01 Å². The molecule has 2 aromatic rings. The van der Waals surface area contributed by atoms with Gasteiger partial charge in [-0.2, -0.15) is 5.26 Å². The van der Waals surface area contributed by atoms with Crippen LogP contribution in [0.3, 0.4) is 0 Å². The second-order valence-corrected chi connectivity index (χ2v) is 8.57. The van der Waals surface area contributed by atoms with E-state index in [-0.39, 0.29) is 28.5 Å². The first-order valence-corrected chi connectivity index (χ1v) is 10.0. The number of hydrogen-bond donors (Lipinski definition) is 2. The predicted octanol–water partition coefficient (Wildman–Crippen LogP) is 3.16. The van der Waals surface area contributed by atoms with Crippen molar-refractivity contribution in [2.45, 2.75) is 32.6 Å². The van der Waals surface area contributed by atoms with Gasteiger partial charge in [-0.15, -0.1) is 0 Å². The van der Waals surface area contributed by atoms with Gasteiger partial charge in [0, 0.05) is 30.0 Å². The molecule has 0 bridgehead atoms. The number of hydrazine groups is 1. The Morgan fingerprint density at radius 3 is 2.61 bits per heavy atom. The van der Waals surface area contributed by atoms with Crippen LogP contribution in [-0.4, -0.2) is 21.7 Å². The van der Waals surface area contributed by atoms with Crippen LogP contribution >= 0.6 is 0 Å². The standard InChI is InChI=1S/C24H23N5O2/c1-24(2)11-18-21(19(30)12-24)20(16-9-6-10-27-14-16)17(13-25)22(26)29(18)28-23(31)15-7-4-3-5-8-15/h3-10,14,20H,11-12,26H2,1-2H3,(H,28,31). The van der Waals surface area contributed by atoms with Gasteiger partial charge in [-0.3, -0.25) is 20.0 Å². The van der Waals surface area contributed by atoms with Gasteiger partial charge in [-0.1, -0.05) is 38.1 Å². The molecule has 1 aliphatic carbocycles. The molecule has 4 rings (SSSR count). The zero-order valence-corrected chi connectivity index (χ0v) is 17.4. The molecule has 156 valence electrons. The largest absolute Gasteiger partial charge is 0.383 e. The number of ketones is 1. The van der Waals surface area contributed by atoms with E-state index in [1.54, 1.807) is 42.7 Å². The van der Waals surface area contributed by atoms with Crippen LogP contribution in [0.4, 0.5) is 0 Å². The van der Waals surface area contributed by atoms with Crippen molar-refractivity contribution in [1.82, 2.24) is 15.4 Å². The highest BCUT2D eigenvalue weighted by molar-refractivity contribution is 6.00. The zero-order chi connectivity index (χ0) is 22.2. The number of hydrogen-bond acceptors (Lipinski definition) is 6. The Kier molecular flexibility index (Phi) is 5.07. The summed E-state index contributed by atoms with van der Waals surface area (Å²) in [6, 6.07) is 14.5. The second-order valence-electron chi connectivity index (χ2n) is 8.57. The number of aromatic nitrogens is 1. The third-order valence-corrected chi connectivity index (χ3v) is 5.65. The van der Waals surface area contributed by atoms with Crippen LogP contribution in [0.5, 0.6) is 0 Å². The van der Waals surface area contributed by atoms with Crippen molar-refractivity contribution in [2.24, 2.45) is 11.1 Å². The summed E-state index contributed by atoms with van der Waals surface area (Å²) in [5.74, 6) is -0.922. The molecule has 1 aromatic carbocycles. The maximum Gasteiger partial charge on any atom is 0.270 e. The van der Waals surface area contributed by atoms with Crippen LogP contribution in [0.25, 0.3) is 0 Å². The molecule has 31 heavy (non-hydrogen) atoms. The number of pyridine rings is 1. The van der Waals surface area contributed by atoms with Gasteiger partial charge in [0.25, 0.3) is 5.91 Å². The molecule has 3 N–H and O–H groups in total. The molecule has 0 spiro atoms. The van der Waals surface area contributed by atoms with E-state index in [2.05, 4.69) is 16.5 Å². The summed E-state index contributed by atoms with van der Waals surface area (Å²) in [4.78, 5) is 30.4. The van der Waals surface area contributed by atoms with Crippen LogP contribution in [-0.2, 0) is 4.79 Å². The number of amides is 1. The minimum atomic E-state index is -0.609. The molecular weight excluding hydrogens is 390 g/mol. The van der Waals surface area contributed by atoms with Crippen molar-refractivity contribution in [2.75, 3.05) is 0 Å². The number of rotatable bonds is 3. The highest BCUT2D eigenvalue weighted by atomic mass is 16.2. The number of nitrogens with one attached hydrogen (secondary N) is 1. The van der Waals surface area contributed by atoms with Gasteiger partial charge in [0.2, 0.25) is 0 Å². The summed E-state index contributed by atoms with van der Waals surface area (Å²) in [7, 11) is 0. The monoisotopic (exact) mass is 413 g/mol. The number of benzene rings is 1. The van der Waals surface area contributed by atoms with E-state index in [9.17, 15) is 14.9 Å². The Labute approximate surface area is 180 Å². The smallest absolute Gasteiger partial charge is 0.270 e. The molecule has 1 aromatic heterocycles. The fourth-order valence-corrected chi connectivity index (χ4v) is 4.27. The highest BCUT2D eigenvalue weighted by Gasteiger charge is 2.44. The number of nitrogens with two attached hydrogens (primary N) is 1. The normalized spacial score (nSPS) is 20.2. The van der Waals surface area contributed by atoms with Crippen LogP contribution in [0.15, 0.2) is 77.5 Å². The van der Waals surface area contributed by atoms with Crippen LogP contribution in [0.2, 0.25) is 0 Å². The van der Waals surface area contributed by atoms with Gasteiger partial charge >= 0.3 is 0 Å². The molecule has 0 saturated carbocycles. The molecule has 0 saturated heterocycles. The Morgan fingerprint density at radius 2 is 1.97 bits per heavy atom. The minimum Gasteiger partial charge on any atom is -0.383 e. The van der Waals surface area contributed by atoms with E-state index in [0.717, 1.165) is 5.56 Å². The highest BCUT2D eigenvalue weighted by Crippen LogP contribution is 2.48. The van der Waals surface area contributed by atoms with Gasteiger partial charge in [-0.05, 0) is 35.6 Å². The number of allylic oxidation sites excluding steroid dienone is 3. The Bertz CT molecular complexity index is 1140. The maximum absolute atomic E-state index is 13.3. The lowest BCUT2D eigenvalue weighted by molar-refractivity contribution is -0.118. The summed E-state index contributed by atoms with van der Waals surface area (Å²) in [6.07, 6.45) is 4.16. The summed E-state index contributed by atoms with van der Waals surface area (Å²) in [5.41, 5.74) is 11.4. The Hall–Kier alpha value is -3.92. The van der Waals surface area contributed by atoms with E-state index in [1.807, 2.05) is 26.0 Å². The number of nitrogens with zero attached hydrogens (tertiary/aromatic N) is 3. The lowest BCUT2D eigenvalue weighted by Crippen LogP contribution is -2.49. The Balaban J connectivity index is 1.86. The maximum atomic E-state index is 13.3. The van der Waals surface area contributed by atoms with Crippen molar-refractivity contribution in [1.29, 1.82) is 5.26 Å². The van der Waals surface area contributed by atoms with Crippen molar-refractivity contribution in [3.05, 3.63) is 88.6 Å². The molecule has 1 amide bonds. The average molecular weight is 413 g/mol. The molecule has 0 fully saturated rings. The molecule has 7 heteroatoms. The van der Waals surface area contributed by atoms with Gasteiger partial charge in [0.1, 0.15) is 5.82 Å². The third-order valence-electron chi connectivity index (χ3n) is 5.65. The minimum absolute atomic E-state index is 0.0562. The van der Waals surface area contributed by atoms with E-state index in [0.29, 0.717) is 29.7 Å². The summed E-state index contributed by atoms with van der Waals surface area (Å²) in [6.45, 7) is 4.01. The fourth-order valence-electron chi connectivity index (χ4n) is 4.27. The third kappa shape index (κ3) is 3.68. The zero-order valence-electron chi connectivity index (χ0n) is 17.4. The predicted molar refractivity (Wildman–Crippen MR) is 115 cm³/mol. The first-order valence-electron chi connectivity index (χ1n) is 10.0. The molecular formula is C24H23N5O2. The lowest BCUT2D eigenvalue weighted by Gasteiger charge is -2.43. The summed E-state index contributed by atoms with van der Waals surface area (Å²) in [5, 5.41) is 11.4. The van der Waals surface area contributed by atoms with E-state index in [4.69, 9.17) is 5.73 Å². The van der Waals surface area contributed by atoms with Gasteiger partial charge in [-0.25, -0.2) is 5.01 Å². The fraction of sp³-hybridized carbons (Fsp3) is 0.250. The molecule has 0 radical (unpaired) electrons. The van der Waals surface area contributed by atoms with Gasteiger partial charge in [0.15, 0.2) is 5.78 Å². The molecule has 1 atom stereocenters. The number of nitriles is 1. The number of Topliss-reactive ketones (excluding diaryl/α,β-unsaturated/α-hetero) is 1. The number of carbonyl (C=O) groups excluding carboxylic acids is 2. The van der Waals surface area contributed by atoms with Crippen LogP contribution < -0.4 is 11.2 Å². The van der Waals surface area contributed by atoms with Crippen molar-refractivity contribution in [3.8, 4) is 6.07 Å². The van der Waals surface area contributed by atoms with Crippen molar-refractivity contribution in [3.63, 3.8) is 0 Å². The van der Waals surface area contributed by atoms with E-state index < -0.39 is 5.92 Å². The van der Waals surface area contributed by atoms with Gasteiger partial charge < -0.3 is 5.73 Å². The second kappa shape index (κ2) is 7.73. The summed E-state index contributed by atoms with van der Waals surface area (Å²) >= 11 is 0. The SMILES string of the molecule is CC1(C)CC(=O)C2=C(C1)N(NC(=O)c1ccccc1)C(N)=C(C#N)C2c1cccnc1. The molecule has 1 aliphatic heterocycles. The van der Waals surface area contributed by atoms with Gasteiger partial charge in [0.05, 0.1) is 23.3 Å². The molecule has 1 unspecified atom stereocenters. The van der Waals surface area contributed by atoms with Crippen LogP contribution in [0.1, 0.15) is 48.5 Å². The topological polar surface area (TPSA) is 112 Å². The molecule has 7 nitrogen and oxygen atoms in total.